The van der Waals surface area contributed by atoms with Crippen LogP contribution < -0.4 is 5.32 Å². The number of benzene rings is 1. The Morgan fingerprint density at radius 2 is 1.61 bits per heavy atom. The van der Waals surface area contributed by atoms with E-state index < -0.39 is 0 Å². The van der Waals surface area contributed by atoms with Crippen molar-refractivity contribution in [2.75, 3.05) is 6.54 Å². The molecule has 1 aromatic carbocycles. The summed E-state index contributed by atoms with van der Waals surface area (Å²) in [5.74, 6) is 1.48. The minimum Gasteiger partial charge on any atom is -0.314 e. The lowest BCUT2D eigenvalue weighted by molar-refractivity contribution is 0.464. The van der Waals surface area contributed by atoms with E-state index in [4.69, 9.17) is 0 Å². The quantitative estimate of drug-likeness (QED) is 0.708. The molecule has 1 atom stereocenters. The van der Waals surface area contributed by atoms with E-state index in [9.17, 15) is 0 Å². The fraction of sp³-hybridized carbons (Fsp3) is 0.647. The molecule has 0 bridgehead atoms. The van der Waals surface area contributed by atoms with Gasteiger partial charge in [0.1, 0.15) is 0 Å². The second-order valence-corrected chi connectivity index (χ2v) is 6.00. The lowest BCUT2D eigenvalue weighted by Gasteiger charge is -2.20. The first-order valence-corrected chi connectivity index (χ1v) is 7.38. The molecule has 1 heteroatoms. The first-order valence-electron chi connectivity index (χ1n) is 7.38. The Kier molecular flexibility index (Phi) is 7.04. The third-order valence-corrected chi connectivity index (χ3v) is 3.38. The van der Waals surface area contributed by atoms with E-state index in [2.05, 4.69) is 63.3 Å². The minimum atomic E-state index is 0.571. The molecule has 0 aliphatic heterocycles. The van der Waals surface area contributed by atoms with Crippen LogP contribution in [0, 0.1) is 5.92 Å². The molecular weight excluding hydrogens is 218 g/mol. The number of hydrogen-bond donors (Lipinski definition) is 1. The average molecular weight is 247 g/mol. The summed E-state index contributed by atoms with van der Waals surface area (Å²) in [4.78, 5) is 0. The van der Waals surface area contributed by atoms with E-state index in [1.807, 2.05) is 0 Å². The highest BCUT2D eigenvalue weighted by atomic mass is 14.9. The van der Waals surface area contributed by atoms with E-state index in [1.165, 1.54) is 24.8 Å². The van der Waals surface area contributed by atoms with Gasteiger partial charge < -0.3 is 5.32 Å². The Balaban J connectivity index is 2.52. The van der Waals surface area contributed by atoms with Crippen LogP contribution in [0.4, 0.5) is 0 Å². The second-order valence-electron chi connectivity index (χ2n) is 6.00. The molecule has 0 heterocycles. The van der Waals surface area contributed by atoms with Crippen molar-refractivity contribution in [3.63, 3.8) is 0 Å². The molecule has 0 spiro atoms. The van der Waals surface area contributed by atoms with Crippen LogP contribution in [0.2, 0.25) is 0 Å². The molecule has 0 saturated heterocycles. The van der Waals surface area contributed by atoms with E-state index in [0.29, 0.717) is 12.0 Å². The van der Waals surface area contributed by atoms with Gasteiger partial charge in [0.25, 0.3) is 0 Å². The van der Waals surface area contributed by atoms with Gasteiger partial charge in [-0.3, -0.25) is 0 Å². The third kappa shape index (κ3) is 6.20. The van der Waals surface area contributed by atoms with Gasteiger partial charge >= 0.3 is 0 Å². The van der Waals surface area contributed by atoms with E-state index in [1.54, 1.807) is 0 Å². The van der Waals surface area contributed by atoms with E-state index in [-0.39, 0.29) is 0 Å². The monoisotopic (exact) mass is 247 g/mol. The predicted octanol–water partition coefficient (Wildman–Crippen LogP) is 4.59. The molecule has 1 aromatic rings. The highest BCUT2D eigenvalue weighted by Crippen LogP contribution is 2.22. The molecule has 102 valence electrons. The lowest BCUT2D eigenvalue weighted by atomic mass is 9.91. The van der Waals surface area contributed by atoms with Crippen molar-refractivity contribution in [1.82, 2.24) is 5.32 Å². The van der Waals surface area contributed by atoms with Crippen molar-refractivity contribution >= 4 is 0 Å². The Labute approximate surface area is 113 Å². The van der Waals surface area contributed by atoms with Crippen LogP contribution in [-0.4, -0.2) is 12.6 Å². The van der Waals surface area contributed by atoms with Gasteiger partial charge in [-0.05, 0) is 23.8 Å². The summed E-state index contributed by atoms with van der Waals surface area (Å²) in [7, 11) is 0. The van der Waals surface area contributed by atoms with Crippen LogP contribution in [0.25, 0.3) is 0 Å². The topological polar surface area (TPSA) is 12.0 Å². The van der Waals surface area contributed by atoms with Crippen molar-refractivity contribution in [2.45, 2.75) is 58.9 Å². The highest BCUT2D eigenvalue weighted by molar-refractivity contribution is 5.19. The Morgan fingerprint density at radius 1 is 0.944 bits per heavy atom. The summed E-state index contributed by atoms with van der Waals surface area (Å²) in [6.45, 7) is 10.2. The smallest absolute Gasteiger partial charge is 0.00225 e. The van der Waals surface area contributed by atoms with Gasteiger partial charge in [-0.2, -0.15) is 0 Å². The van der Waals surface area contributed by atoms with Gasteiger partial charge in [-0.15, -0.1) is 0 Å². The van der Waals surface area contributed by atoms with Crippen LogP contribution in [0.3, 0.4) is 0 Å². The zero-order chi connectivity index (χ0) is 13.4. The number of hydrogen-bond acceptors (Lipinski definition) is 1. The van der Waals surface area contributed by atoms with Gasteiger partial charge in [0.05, 0.1) is 0 Å². The Hall–Kier alpha value is -0.820. The standard InChI is InChI=1S/C17H29N/c1-14(2)9-8-12-17(13-18-15(3)4)16-10-6-5-7-11-16/h5-7,10-11,14-15,17-18H,8-9,12-13H2,1-4H3. The van der Waals surface area contributed by atoms with E-state index in [0.717, 1.165) is 12.5 Å². The molecule has 18 heavy (non-hydrogen) atoms. The highest BCUT2D eigenvalue weighted by Gasteiger charge is 2.11. The molecule has 0 amide bonds. The fourth-order valence-corrected chi connectivity index (χ4v) is 2.26. The summed E-state index contributed by atoms with van der Waals surface area (Å²) in [5.41, 5.74) is 1.48. The molecule has 0 aromatic heterocycles. The van der Waals surface area contributed by atoms with Crippen LogP contribution in [-0.2, 0) is 0 Å². The summed E-state index contributed by atoms with van der Waals surface area (Å²) in [6.07, 6.45) is 3.96. The molecule has 0 radical (unpaired) electrons. The maximum absolute atomic E-state index is 3.58. The molecule has 0 saturated carbocycles. The van der Waals surface area contributed by atoms with Crippen molar-refractivity contribution in [3.05, 3.63) is 35.9 Å². The molecule has 1 unspecified atom stereocenters. The van der Waals surface area contributed by atoms with Crippen LogP contribution >= 0.6 is 0 Å². The second kappa shape index (κ2) is 8.31. The van der Waals surface area contributed by atoms with Crippen LogP contribution in [0.1, 0.15) is 58.4 Å². The SMILES string of the molecule is CC(C)CCCC(CNC(C)C)c1ccccc1. The van der Waals surface area contributed by atoms with Crippen LogP contribution in [0.5, 0.6) is 0 Å². The van der Waals surface area contributed by atoms with Crippen molar-refractivity contribution in [1.29, 1.82) is 0 Å². The summed E-state index contributed by atoms with van der Waals surface area (Å²) in [5, 5.41) is 3.58. The summed E-state index contributed by atoms with van der Waals surface area (Å²) < 4.78 is 0. The van der Waals surface area contributed by atoms with Crippen molar-refractivity contribution in [2.24, 2.45) is 5.92 Å². The number of nitrogens with one attached hydrogen (secondary N) is 1. The summed E-state index contributed by atoms with van der Waals surface area (Å²) in [6, 6.07) is 11.5. The van der Waals surface area contributed by atoms with Gasteiger partial charge in [-0.25, -0.2) is 0 Å². The molecule has 0 aliphatic rings. The maximum atomic E-state index is 3.58. The van der Waals surface area contributed by atoms with E-state index >= 15 is 0 Å². The van der Waals surface area contributed by atoms with Crippen LogP contribution in [0.15, 0.2) is 30.3 Å². The van der Waals surface area contributed by atoms with Crippen molar-refractivity contribution in [3.8, 4) is 0 Å². The fourth-order valence-electron chi connectivity index (χ4n) is 2.26. The summed E-state index contributed by atoms with van der Waals surface area (Å²) >= 11 is 0. The first-order chi connectivity index (χ1) is 8.59. The first kappa shape index (κ1) is 15.2. The normalized spacial score (nSPS) is 13.2. The molecule has 1 nitrogen and oxygen atoms in total. The average Bonchev–Trinajstić information content (AvgIpc) is 2.34. The van der Waals surface area contributed by atoms with Gasteiger partial charge in [0.2, 0.25) is 0 Å². The largest absolute Gasteiger partial charge is 0.314 e. The molecule has 0 aliphatic carbocycles. The molecular formula is C17H29N. The van der Waals surface area contributed by atoms with Crippen molar-refractivity contribution < 1.29 is 0 Å². The molecule has 0 fully saturated rings. The minimum absolute atomic E-state index is 0.571. The Bertz CT molecular complexity index is 303. The maximum Gasteiger partial charge on any atom is 0.00225 e. The Morgan fingerprint density at radius 3 is 2.17 bits per heavy atom. The zero-order valence-electron chi connectivity index (χ0n) is 12.4. The predicted molar refractivity (Wildman–Crippen MR) is 81.0 cm³/mol. The lowest BCUT2D eigenvalue weighted by Crippen LogP contribution is -2.28. The van der Waals surface area contributed by atoms with Gasteiger partial charge in [0, 0.05) is 12.6 Å². The van der Waals surface area contributed by atoms with Gasteiger partial charge in [-0.1, -0.05) is 70.9 Å². The zero-order valence-corrected chi connectivity index (χ0v) is 12.4. The van der Waals surface area contributed by atoms with Gasteiger partial charge in [0.15, 0.2) is 0 Å². The molecule has 1 rings (SSSR count). The number of rotatable bonds is 8. The molecule has 1 N–H and O–H groups in total. The third-order valence-electron chi connectivity index (χ3n) is 3.38.